The van der Waals surface area contributed by atoms with Gasteiger partial charge < -0.3 is 34.8 Å². The molecule has 2 radical (unpaired) electrons. The fourth-order valence-electron chi connectivity index (χ4n) is 3.10. The van der Waals surface area contributed by atoms with Gasteiger partial charge in [-0.05, 0) is 18.2 Å². The van der Waals surface area contributed by atoms with Gasteiger partial charge in [0.15, 0.2) is 5.81 Å². The maximum atomic E-state index is 12.6. The number of aryl methyl sites for hydroxylation is 3. The zero-order valence-electron chi connectivity index (χ0n) is 17.0. The Morgan fingerprint density at radius 1 is 0.710 bits per heavy atom. The molecule has 0 fully saturated rings. The Labute approximate surface area is 178 Å². The van der Waals surface area contributed by atoms with Gasteiger partial charge in [0.25, 0.3) is 11.8 Å². The van der Waals surface area contributed by atoms with Crippen molar-refractivity contribution >= 4 is 48.5 Å². The van der Waals surface area contributed by atoms with Gasteiger partial charge >= 0.3 is 5.97 Å². The fourth-order valence-corrected chi connectivity index (χ4v) is 3.10. The van der Waals surface area contributed by atoms with Crippen LogP contribution in [0.1, 0.15) is 31.5 Å². The Hall–Kier alpha value is -4.22. The first kappa shape index (κ1) is 21.5. The smallest absolute Gasteiger partial charge is 0.352 e. The number of nitrogens with zero attached hydrogens (tertiary/aromatic N) is 3. The molecule has 0 spiro atoms. The van der Waals surface area contributed by atoms with Gasteiger partial charge in [-0.3, -0.25) is 14.4 Å². The average Bonchev–Trinajstić information content (AvgIpc) is 3.31. The maximum Gasteiger partial charge on any atom is 0.352 e. The van der Waals surface area contributed by atoms with E-state index in [1.54, 1.807) is 27.3 Å². The third-order valence-corrected chi connectivity index (χ3v) is 4.48. The minimum absolute atomic E-state index is 0.0305. The van der Waals surface area contributed by atoms with Crippen LogP contribution in [0, 0.1) is 0 Å². The molecule has 0 aliphatic heterocycles. The summed E-state index contributed by atoms with van der Waals surface area (Å²) in [4.78, 5) is 47.3. The van der Waals surface area contributed by atoms with Crippen LogP contribution < -0.4 is 16.0 Å². The number of aromatic nitrogens is 3. The van der Waals surface area contributed by atoms with E-state index in [0.29, 0.717) is 17.1 Å². The summed E-state index contributed by atoms with van der Waals surface area (Å²) in [6.45, 7) is 0. The largest absolute Gasteiger partial charge is 0.477 e. The van der Waals surface area contributed by atoms with Crippen LogP contribution in [-0.4, -0.2) is 50.2 Å². The zero-order chi connectivity index (χ0) is 22.9. The molecule has 3 aromatic heterocycles. The van der Waals surface area contributed by atoms with E-state index >= 15 is 0 Å². The number of amides is 3. The molecule has 0 saturated heterocycles. The van der Waals surface area contributed by atoms with Crippen molar-refractivity contribution in [3.8, 4) is 0 Å². The summed E-state index contributed by atoms with van der Waals surface area (Å²) in [5.74, 6) is -2.78. The summed E-state index contributed by atoms with van der Waals surface area (Å²) in [5, 5.41) is 16.8. The van der Waals surface area contributed by atoms with E-state index in [1.165, 1.54) is 44.3 Å². The normalized spacial score (nSPS) is 10.5. The second kappa shape index (κ2) is 8.26. The SMILES string of the molecule is [B]C(=O)Nc1cc(C(=O)Nc2cc(C(=O)Nc3cc(C(=O)O)n(C)c3)n(C)c2)n(C)c1. The highest BCUT2D eigenvalue weighted by atomic mass is 16.4. The molecule has 31 heavy (non-hydrogen) atoms. The lowest BCUT2D eigenvalue weighted by atomic mass is 10.1. The predicted octanol–water partition coefficient (Wildman–Crippen LogP) is 1.61. The molecular weight excluding hydrogens is 403 g/mol. The minimum Gasteiger partial charge on any atom is -0.477 e. The first-order valence-electron chi connectivity index (χ1n) is 8.96. The van der Waals surface area contributed by atoms with Crippen molar-refractivity contribution < 1.29 is 24.3 Å². The first-order chi connectivity index (χ1) is 14.5. The monoisotopic (exact) mass is 422 g/mol. The lowest BCUT2D eigenvalue weighted by Crippen LogP contribution is -2.15. The summed E-state index contributed by atoms with van der Waals surface area (Å²) >= 11 is 0. The van der Waals surface area contributed by atoms with E-state index in [-0.39, 0.29) is 17.1 Å². The third kappa shape index (κ3) is 4.69. The Morgan fingerprint density at radius 3 is 1.42 bits per heavy atom. The van der Waals surface area contributed by atoms with Crippen LogP contribution in [-0.2, 0) is 21.1 Å². The highest BCUT2D eigenvalue weighted by molar-refractivity contribution is 6.60. The van der Waals surface area contributed by atoms with Crippen molar-refractivity contribution in [3.63, 3.8) is 0 Å². The number of aromatic carboxylic acids is 1. The maximum absolute atomic E-state index is 12.6. The summed E-state index contributed by atoms with van der Waals surface area (Å²) in [6.07, 6.45) is 4.58. The highest BCUT2D eigenvalue weighted by Gasteiger charge is 2.18. The van der Waals surface area contributed by atoms with Crippen LogP contribution in [0.15, 0.2) is 36.8 Å². The molecule has 0 aromatic carbocycles. The van der Waals surface area contributed by atoms with Crippen LogP contribution in [0.2, 0.25) is 0 Å². The summed E-state index contributed by atoms with van der Waals surface area (Å²) < 4.78 is 4.43. The van der Waals surface area contributed by atoms with Gasteiger partial charge in [0.1, 0.15) is 17.1 Å². The molecule has 3 heterocycles. The molecule has 0 aliphatic rings. The number of hydrogen-bond acceptors (Lipinski definition) is 4. The topological polar surface area (TPSA) is 139 Å². The third-order valence-electron chi connectivity index (χ3n) is 4.48. The van der Waals surface area contributed by atoms with Crippen molar-refractivity contribution in [3.05, 3.63) is 53.9 Å². The molecule has 0 saturated carbocycles. The Balaban J connectivity index is 1.73. The van der Waals surface area contributed by atoms with E-state index < -0.39 is 23.6 Å². The van der Waals surface area contributed by atoms with Crippen molar-refractivity contribution in [1.29, 1.82) is 0 Å². The van der Waals surface area contributed by atoms with Crippen LogP contribution in [0.25, 0.3) is 0 Å². The number of hydrogen-bond donors (Lipinski definition) is 4. The molecule has 12 heteroatoms. The number of carbonyl (C=O) groups excluding carboxylic acids is 3. The molecule has 158 valence electrons. The molecule has 3 amide bonds. The van der Waals surface area contributed by atoms with Gasteiger partial charge in [-0.25, -0.2) is 4.79 Å². The van der Waals surface area contributed by atoms with Crippen molar-refractivity contribution in [1.82, 2.24) is 13.7 Å². The molecule has 0 aliphatic carbocycles. The molecule has 0 atom stereocenters. The number of carboxylic acids is 1. The highest BCUT2D eigenvalue weighted by Crippen LogP contribution is 2.19. The number of rotatable bonds is 6. The molecule has 3 aromatic rings. The van der Waals surface area contributed by atoms with Gasteiger partial charge in [0.2, 0.25) is 7.85 Å². The lowest BCUT2D eigenvalue weighted by Gasteiger charge is -2.03. The quantitative estimate of drug-likeness (QED) is 0.447. The molecule has 4 N–H and O–H groups in total. The van der Waals surface area contributed by atoms with Crippen LogP contribution in [0.3, 0.4) is 0 Å². The number of carbonyl (C=O) groups is 4. The van der Waals surface area contributed by atoms with Gasteiger partial charge in [-0.15, -0.1) is 0 Å². The van der Waals surface area contributed by atoms with Gasteiger partial charge in [-0.1, -0.05) is 0 Å². The van der Waals surface area contributed by atoms with E-state index in [1.807, 2.05) is 0 Å². The molecule has 0 bridgehead atoms. The molecule has 3 rings (SSSR count). The first-order valence-corrected chi connectivity index (χ1v) is 8.96. The van der Waals surface area contributed by atoms with Crippen molar-refractivity contribution in [2.45, 2.75) is 0 Å². The average molecular weight is 422 g/mol. The van der Waals surface area contributed by atoms with Gasteiger partial charge in [0.05, 0.1) is 17.1 Å². The van der Waals surface area contributed by atoms with Gasteiger partial charge in [-0.2, -0.15) is 0 Å². The Bertz CT molecular complexity index is 1200. The van der Waals surface area contributed by atoms with E-state index in [2.05, 4.69) is 16.0 Å². The second-order valence-electron chi connectivity index (χ2n) is 6.88. The fraction of sp³-hybridized carbons (Fsp3) is 0.158. The van der Waals surface area contributed by atoms with Gasteiger partial charge in [0, 0.05) is 39.7 Å². The predicted molar refractivity (Wildman–Crippen MR) is 114 cm³/mol. The van der Waals surface area contributed by atoms with Crippen LogP contribution in [0.5, 0.6) is 0 Å². The lowest BCUT2D eigenvalue weighted by molar-refractivity contribution is 0.0686. The Morgan fingerprint density at radius 2 is 1.06 bits per heavy atom. The number of anilines is 3. The van der Waals surface area contributed by atoms with Crippen LogP contribution in [0.4, 0.5) is 21.9 Å². The summed E-state index contributed by atoms with van der Waals surface area (Å²) in [6, 6.07) is 4.30. The summed E-state index contributed by atoms with van der Waals surface area (Å²) in [5.41, 5.74) is 1.63. The zero-order valence-corrected chi connectivity index (χ0v) is 17.0. The van der Waals surface area contributed by atoms with Crippen molar-refractivity contribution in [2.24, 2.45) is 21.1 Å². The molecular formula is C19H19BN6O5. The van der Waals surface area contributed by atoms with E-state index in [4.69, 9.17) is 13.0 Å². The summed E-state index contributed by atoms with van der Waals surface area (Å²) in [7, 11) is 9.91. The number of carboxylic acid groups (broad SMARTS) is 1. The standard InChI is InChI=1S/C19H19BN6O5/c1-24-7-10(21-17(28)14-5-12(9-25(14)2)23-19(20)31)4-13(24)16(27)22-11-6-15(18(29)30)26(3)8-11/h4-9H,1-3H3,(H,21,28)(H,22,27)(H,23,31)(H,29,30). The van der Waals surface area contributed by atoms with E-state index in [9.17, 15) is 19.2 Å². The second-order valence-corrected chi connectivity index (χ2v) is 6.88. The molecule has 0 unspecified atom stereocenters. The van der Waals surface area contributed by atoms with Crippen LogP contribution >= 0.6 is 0 Å². The van der Waals surface area contributed by atoms with Crippen molar-refractivity contribution in [2.75, 3.05) is 16.0 Å². The molecule has 11 nitrogen and oxygen atoms in total. The van der Waals surface area contributed by atoms with E-state index in [0.717, 1.165) is 0 Å². The number of nitrogens with one attached hydrogen (secondary N) is 3. The Kier molecular flexibility index (Phi) is 5.73. The minimum atomic E-state index is -1.11.